The van der Waals surface area contributed by atoms with Crippen LogP contribution in [0.5, 0.6) is 0 Å². The molecule has 3 N–H and O–H groups in total. The summed E-state index contributed by atoms with van der Waals surface area (Å²) < 4.78 is 4.81. The largest absolute Gasteiger partial charge is 0.398 e. The Hall–Kier alpha value is -2.37. The number of benzene rings is 1. The van der Waals surface area contributed by atoms with Crippen LogP contribution in [0.15, 0.2) is 22.7 Å². The van der Waals surface area contributed by atoms with Gasteiger partial charge in [0.15, 0.2) is 5.82 Å². The van der Waals surface area contributed by atoms with Crippen molar-refractivity contribution in [2.45, 2.75) is 20.4 Å². The molecule has 0 aliphatic rings. The van der Waals surface area contributed by atoms with Crippen LogP contribution in [0.2, 0.25) is 0 Å². The van der Waals surface area contributed by atoms with Gasteiger partial charge >= 0.3 is 0 Å². The Bertz CT molecular complexity index is 577. The van der Waals surface area contributed by atoms with Crippen LogP contribution >= 0.6 is 0 Å². The van der Waals surface area contributed by atoms with E-state index in [4.69, 9.17) is 10.3 Å². The third-order valence-corrected chi connectivity index (χ3v) is 2.55. The van der Waals surface area contributed by atoms with Crippen molar-refractivity contribution >= 4 is 11.6 Å². The van der Waals surface area contributed by atoms with E-state index in [0.717, 1.165) is 5.56 Å². The van der Waals surface area contributed by atoms with Gasteiger partial charge in [-0.05, 0) is 18.6 Å². The molecule has 2 rings (SSSR count). The van der Waals surface area contributed by atoms with Crippen molar-refractivity contribution in [2.75, 3.05) is 5.73 Å². The molecule has 6 nitrogen and oxygen atoms in total. The minimum atomic E-state index is -0.251. The predicted molar refractivity (Wildman–Crippen MR) is 65.8 cm³/mol. The Labute approximate surface area is 104 Å². The number of amides is 1. The van der Waals surface area contributed by atoms with Gasteiger partial charge in [0.1, 0.15) is 0 Å². The first-order valence-corrected chi connectivity index (χ1v) is 5.50. The Morgan fingerprint density at radius 1 is 1.44 bits per heavy atom. The van der Waals surface area contributed by atoms with Crippen LogP contribution in [-0.2, 0) is 6.54 Å². The minimum absolute atomic E-state index is 0.212. The molecule has 0 spiro atoms. The van der Waals surface area contributed by atoms with Crippen LogP contribution in [0.25, 0.3) is 0 Å². The maximum absolute atomic E-state index is 11.9. The fourth-order valence-electron chi connectivity index (χ4n) is 1.55. The van der Waals surface area contributed by atoms with Crippen LogP contribution in [0.3, 0.4) is 0 Å². The second kappa shape index (κ2) is 4.87. The zero-order valence-electron chi connectivity index (χ0n) is 10.2. The van der Waals surface area contributed by atoms with Gasteiger partial charge in [0, 0.05) is 12.6 Å². The predicted octanol–water partition coefficient (Wildman–Crippen LogP) is 1.20. The molecule has 0 saturated heterocycles. The number of nitrogen functional groups attached to an aromatic ring is 1. The van der Waals surface area contributed by atoms with Crippen molar-refractivity contribution in [3.63, 3.8) is 0 Å². The standard InChI is InChI=1S/C12H14N4O2/c1-7-4-3-5-9(11(7)13)12(17)14-6-10-15-8(2)18-16-10/h3-5H,6,13H2,1-2H3,(H,14,17). The molecule has 0 aliphatic carbocycles. The second-order valence-corrected chi connectivity index (χ2v) is 3.95. The van der Waals surface area contributed by atoms with Crippen molar-refractivity contribution in [3.8, 4) is 0 Å². The van der Waals surface area contributed by atoms with E-state index in [-0.39, 0.29) is 12.5 Å². The van der Waals surface area contributed by atoms with Gasteiger partial charge in [0.2, 0.25) is 5.89 Å². The van der Waals surface area contributed by atoms with Crippen LogP contribution in [-0.4, -0.2) is 16.0 Å². The molecule has 94 valence electrons. The van der Waals surface area contributed by atoms with E-state index in [1.165, 1.54) is 0 Å². The van der Waals surface area contributed by atoms with Gasteiger partial charge in [-0.15, -0.1) is 0 Å². The molecule has 18 heavy (non-hydrogen) atoms. The monoisotopic (exact) mass is 246 g/mol. The average molecular weight is 246 g/mol. The highest BCUT2D eigenvalue weighted by Crippen LogP contribution is 2.16. The van der Waals surface area contributed by atoms with Gasteiger partial charge in [0.25, 0.3) is 5.91 Å². The highest BCUT2D eigenvalue weighted by Gasteiger charge is 2.11. The Balaban J connectivity index is 2.06. The first kappa shape index (κ1) is 12.1. The maximum Gasteiger partial charge on any atom is 0.253 e. The SMILES string of the molecule is Cc1nc(CNC(=O)c2cccc(C)c2N)no1. The van der Waals surface area contributed by atoms with E-state index in [9.17, 15) is 4.79 Å². The summed E-state index contributed by atoms with van der Waals surface area (Å²) in [5.74, 6) is 0.653. The first-order valence-electron chi connectivity index (χ1n) is 5.50. The summed E-state index contributed by atoms with van der Waals surface area (Å²) in [4.78, 5) is 15.9. The van der Waals surface area contributed by atoms with E-state index in [1.807, 2.05) is 13.0 Å². The third kappa shape index (κ3) is 2.48. The Morgan fingerprint density at radius 2 is 2.22 bits per heavy atom. The van der Waals surface area contributed by atoms with Gasteiger partial charge in [-0.2, -0.15) is 4.98 Å². The van der Waals surface area contributed by atoms with Crippen LogP contribution in [0.1, 0.15) is 27.6 Å². The van der Waals surface area contributed by atoms with Gasteiger partial charge < -0.3 is 15.6 Å². The van der Waals surface area contributed by atoms with Gasteiger partial charge in [0.05, 0.1) is 12.1 Å². The zero-order chi connectivity index (χ0) is 13.1. The number of nitrogens with one attached hydrogen (secondary N) is 1. The number of anilines is 1. The summed E-state index contributed by atoms with van der Waals surface area (Å²) >= 11 is 0. The number of carbonyl (C=O) groups is 1. The van der Waals surface area contributed by atoms with Crippen LogP contribution in [0, 0.1) is 13.8 Å². The quantitative estimate of drug-likeness (QED) is 0.793. The average Bonchev–Trinajstić information content (AvgIpc) is 2.76. The molecule has 0 bridgehead atoms. The minimum Gasteiger partial charge on any atom is -0.398 e. The molecular formula is C12H14N4O2. The number of hydrogen-bond donors (Lipinski definition) is 2. The van der Waals surface area contributed by atoms with Gasteiger partial charge in [-0.25, -0.2) is 0 Å². The fourth-order valence-corrected chi connectivity index (χ4v) is 1.55. The molecule has 6 heteroatoms. The molecule has 1 aromatic carbocycles. The summed E-state index contributed by atoms with van der Waals surface area (Å²) in [7, 11) is 0. The smallest absolute Gasteiger partial charge is 0.253 e. The van der Waals surface area contributed by atoms with Crippen molar-refractivity contribution in [1.29, 1.82) is 0 Å². The lowest BCUT2D eigenvalue weighted by Gasteiger charge is -2.07. The van der Waals surface area contributed by atoms with Crippen molar-refractivity contribution < 1.29 is 9.32 Å². The molecule has 0 aliphatic heterocycles. The fraction of sp³-hybridized carbons (Fsp3) is 0.250. The van der Waals surface area contributed by atoms with Gasteiger partial charge in [-0.3, -0.25) is 4.79 Å². The number of nitrogens with two attached hydrogens (primary N) is 1. The van der Waals surface area contributed by atoms with Crippen molar-refractivity contribution in [2.24, 2.45) is 0 Å². The lowest BCUT2D eigenvalue weighted by Crippen LogP contribution is -2.24. The summed E-state index contributed by atoms with van der Waals surface area (Å²) in [6, 6.07) is 5.33. The number of nitrogens with zero attached hydrogens (tertiary/aromatic N) is 2. The topological polar surface area (TPSA) is 94.0 Å². The number of para-hydroxylation sites is 1. The molecule has 1 aromatic heterocycles. The molecule has 0 atom stereocenters. The van der Waals surface area contributed by atoms with Crippen LogP contribution < -0.4 is 11.1 Å². The Kier molecular flexibility index (Phi) is 3.27. The molecule has 1 amide bonds. The highest BCUT2D eigenvalue weighted by atomic mass is 16.5. The summed E-state index contributed by atoms with van der Waals surface area (Å²) in [6.45, 7) is 3.76. The van der Waals surface area contributed by atoms with E-state index in [0.29, 0.717) is 23.0 Å². The normalized spacial score (nSPS) is 10.3. The van der Waals surface area contributed by atoms with E-state index >= 15 is 0 Å². The lowest BCUT2D eigenvalue weighted by molar-refractivity contribution is 0.0950. The lowest BCUT2D eigenvalue weighted by atomic mass is 10.1. The van der Waals surface area contributed by atoms with E-state index in [2.05, 4.69) is 15.5 Å². The number of hydrogen-bond acceptors (Lipinski definition) is 5. The Morgan fingerprint density at radius 3 is 2.89 bits per heavy atom. The summed E-state index contributed by atoms with van der Waals surface area (Å²) in [5, 5.41) is 6.38. The molecule has 2 aromatic rings. The number of carbonyl (C=O) groups excluding carboxylic acids is 1. The summed E-state index contributed by atoms with van der Waals surface area (Å²) in [6.07, 6.45) is 0. The van der Waals surface area contributed by atoms with E-state index < -0.39 is 0 Å². The molecular weight excluding hydrogens is 232 g/mol. The molecule has 0 radical (unpaired) electrons. The first-order chi connectivity index (χ1) is 8.58. The molecule has 0 fully saturated rings. The van der Waals surface area contributed by atoms with Crippen LogP contribution in [0.4, 0.5) is 5.69 Å². The van der Waals surface area contributed by atoms with Crippen molar-refractivity contribution in [3.05, 3.63) is 41.0 Å². The third-order valence-electron chi connectivity index (χ3n) is 2.55. The number of aromatic nitrogens is 2. The number of aryl methyl sites for hydroxylation is 2. The number of rotatable bonds is 3. The van der Waals surface area contributed by atoms with E-state index in [1.54, 1.807) is 19.1 Å². The summed E-state index contributed by atoms with van der Waals surface area (Å²) in [5.41, 5.74) is 7.66. The zero-order valence-corrected chi connectivity index (χ0v) is 10.2. The highest BCUT2D eigenvalue weighted by molar-refractivity contribution is 5.99. The second-order valence-electron chi connectivity index (χ2n) is 3.95. The van der Waals surface area contributed by atoms with Crippen molar-refractivity contribution in [1.82, 2.24) is 15.5 Å². The molecule has 1 heterocycles. The molecule has 0 unspecified atom stereocenters. The maximum atomic E-state index is 11.9. The molecule has 0 saturated carbocycles. The van der Waals surface area contributed by atoms with Gasteiger partial charge in [-0.1, -0.05) is 17.3 Å².